The molecule has 1 fully saturated rings. The largest absolute Gasteiger partial charge is 0.371 e. The highest BCUT2D eigenvalue weighted by Gasteiger charge is 2.29. The van der Waals surface area contributed by atoms with Crippen molar-refractivity contribution in [2.75, 3.05) is 19.0 Å². The van der Waals surface area contributed by atoms with Gasteiger partial charge in [-0.2, -0.15) is 0 Å². The molecule has 0 bridgehead atoms. The summed E-state index contributed by atoms with van der Waals surface area (Å²) in [7, 11) is 1.70. The Kier molecular flexibility index (Phi) is 5.02. The van der Waals surface area contributed by atoms with Crippen LogP contribution in [-0.4, -0.2) is 23.6 Å². The van der Waals surface area contributed by atoms with E-state index in [1.165, 1.54) is 25.7 Å². The van der Waals surface area contributed by atoms with Gasteiger partial charge in [-0.15, -0.1) is 0 Å². The molecule has 1 aliphatic rings. The fraction of sp³-hybridized carbons (Fsp3) is 0.733. The third kappa shape index (κ3) is 3.14. The Hall–Kier alpha value is -0.680. The van der Waals surface area contributed by atoms with Gasteiger partial charge in [-0.25, -0.2) is 9.97 Å². The molecule has 1 saturated carbocycles. The molecule has 1 aromatic heterocycles. The standard InChI is InChI=1S/C15H24BrN3O/c1-5-17-13-11(16)12(10-8-6-7-9-10)18-14(19-13)15(2,3)20-4/h10H,5-9H2,1-4H3,(H,17,18,19). The topological polar surface area (TPSA) is 47.0 Å². The summed E-state index contributed by atoms with van der Waals surface area (Å²) in [5.74, 6) is 2.17. The minimum atomic E-state index is -0.474. The monoisotopic (exact) mass is 341 g/mol. The van der Waals surface area contributed by atoms with Gasteiger partial charge in [0.2, 0.25) is 0 Å². The van der Waals surface area contributed by atoms with Crippen LogP contribution in [0.2, 0.25) is 0 Å². The Morgan fingerprint density at radius 3 is 2.50 bits per heavy atom. The molecule has 112 valence electrons. The summed E-state index contributed by atoms with van der Waals surface area (Å²) in [6.07, 6.45) is 5.02. The van der Waals surface area contributed by atoms with E-state index in [-0.39, 0.29) is 0 Å². The highest BCUT2D eigenvalue weighted by atomic mass is 79.9. The lowest BCUT2D eigenvalue weighted by atomic mass is 10.0. The summed E-state index contributed by atoms with van der Waals surface area (Å²) in [6.45, 7) is 6.92. The number of hydrogen-bond donors (Lipinski definition) is 1. The van der Waals surface area contributed by atoms with E-state index >= 15 is 0 Å². The molecule has 1 N–H and O–H groups in total. The number of hydrogen-bond acceptors (Lipinski definition) is 4. The first kappa shape index (κ1) is 15.7. The fourth-order valence-electron chi connectivity index (χ4n) is 2.58. The molecule has 1 aromatic rings. The van der Waals surface area contributed by atoms with Gasteiger partial charge in [-0.05, 0) is 49.5 Å². The second-order valence-corrected chi connectivity index (χ2v) is 6.61. The van der Waals surface area contributed by atoms with Crippen LogP contribution in [0.1, 0.15) is 63.9 Å². The van der Waals surface area contributed by atoms with Crippen molar-refractivity contribution in [1.82, 2.24) is 9.97 Å². The van der Waals surface area contributed by atoms with Crippen LogP contribution in [0.3, 0.4) is 0 Å². The van der Waals surface area contributed by atoms with Crippen molar-refractivity contribution in [2.24, 2.45) is 0 Å². The zero-order valence-electron chi connectivity index (χ0n) is 12.8. The number of halogens is 1. The Morgan fingerprint density at radius 1 is 1.30 bits per heavy atom. The zero-order chi connectivity index (χ0) is 14.8. The molecule has 4 nitrogen and oxygen atoms in total. The molecule has 0 aliphatic heterocycles. The van der Waals surface area contributed by atoms with Crippen molar-refractivity contribution in [3.05, 3.63) is 16.0 Å². The summed E-state index contributed by atoms with van der Waals surface area (Å²) in [6, 6.07) is 0. The van der Waals surface area contributed by atoms with Gasteiger partial charge in [0.05, 0.1) is 10.2 Å². The average molecular weight is 342 g/mol. The van der Waals surface area contributed by atoms with Crippen LogP contribution in [-0.2, 0) is 10.3 Å². The van der Waals surface area contributed by atoms with E-state index in [9.17, 15) is 0 Å². The minimum absolute atomic E-state index is 0.474. The Labute approximate surface area is 129 Å². The van der Waals surface area contributed by atoms with E-state index < -0.39 is 5.60 Å². The van der Waals surface area contributed by atoms with Crippen molar-refractivity contribution in [2.45, 2.75) is 58.0 Å². The smallest absolute Gasteiger partial charge is 0.162 e. The van der Waals surface area contributed by atoms with E-state index in [4.69, 9.17) is 9.72 Å². The van der Waals surface area contributed by atoms with Gasteiger partial charge in [0, 0.05) is 19.6 Å². The average Bonchev–Trinajstić information content (AvgIpc) is 2.95. The molecule has 0 saturated heterocycles. The maximum atomic E-state index is 5.55. The summed E-state index contributed by atoms with van der Waals surface area (Å²) < 4.78 is 6.56. The molecule has 0 aromatic carbocycles. The van der Waals surface area contributed by atoms with E-state index in [2.05, 4.69) is 33.2 Å². The lowest BCUT2D eigenvalue weighted by Gasteiger charge is -2.24. The second kappa shape index (κ2) is 6.39. The third-order valence-electron chi connectivity index (χ3n) is 4.01. The molecule has 2 rings (SSSR count). The van der Waals surface area contributed by atoms with Crippen LogP contribution in [0.25, 0.3) is 0 Å². The third-order valence-corrected chi connectivity index (χ3v) is 4.79. The number of ether oxygens (including phenoxy) is 1. The van der Waals surface area contributed by atoms with Crippen LogP contribution in [0, 0.1) is 0 Å². The number of rotatable bonds is 5. The van der Waals surface area contributed by atoms with Crippen LogP contribution in [0.4, 0.5) is 5.82 Å². The van der Waals surface area contributed by atoms with Gasteiger partial charge in [0.1, 0.15) is 11.4 Å². The van der Waals surface area contributed by atoms with Gasteiger partial charge >= 0.3 is 0 Å². The zero-order valence-corrected chi connectivity index (χ0v) is 14.4. The maximum absolute atomic E-state index is 5.55. The highest BCUT2D eigenvalue weighted by Crippen LogP contribution is 2.39. The van der Waals surface area contributed by atoms with Crippen molar-refractivity contribution in [3.8, 4) is 0 Å². The molecule has 0 unspecified atom stereocenters. The fourth-order valence-corrected chi connectivity index (χ4v) is 3.22. The number of anilines is 1. The molecule has 20 heavy (non-hydrogen) atoms. The first-order valence-corrected chi connectivity index (χ1v) is 8.15. The Bertz CT molecular complexity index is 470. The molecule has 1 heterocycles. The van der Waals surface area contributed by atoms with Crippen LogP contribution < -0.4 is 5.32 Å². The Balaban J connectivity index is 2.48. The molecule has 1 aliphatic carbocycles. The first-order chi connectivity index (χ1) is 9.49. The maximum Gasteiger partial charge on any atom is 0.162 e. The van der Waals surface area contributed by atoms with E-state index in [1.54, 1.807) is 7.11 Å². The van der Waals surface area contributed by atoms with Crippen molar-refractivity contribution in [3.63, 3.8) is 0 Å². The van der Waals surface area contributed by atoms with Crippen molar-refractivity contribution >= 4 is 21.7 Å². The molecule has 0 atom stereocenters. The second-order valence-electron chi connectivity index (χ2n) is 5.82. The normalized spacial score (nSPS) is 16.6. The van der Waals surface area contributed by atoms with Gasteiger partial charge in [-0.1, -0.05) is 12.8 Å². The SMILES string of the molecule is CCNc1nc(C(C)(C)OC)nc(C2CCCC2)c1Br. The summed E-state index contributed by atoms with van der Waals surface area (Å²) in [5, 5.41) is 3.32. The molecular formula is C15H24BrN3O. The highest BCUT2D eigenvalue weighted by molar-refractivity contribution is 9.10. The number of methoxy groups -OCH3 is 1. The molecule has 0 radical (unpaired) electrons. The molecular weight excluding hydrogens is 318 g/mol. The predicted molar refractivity (Wildman–Crippen MR) is 85.1 cm³/mol. The minimum Gasteiger partial charge on any atom is -0.371 e. The van der Waals surface area contributed by atoms with E-state index in [0.29, 0.717) is 5.92 Å². The summed E-state index contributed by atoms with van der Waals surface area (Å²) >= 11 is 3.69. The molecule has 0 spiro atoms. The lowest BCUT2D eigenvalue weighted by molar-refractivity contribution is 0.0113. The van der Waals surface area contributed by atoms with E-state index in [0.717, 1.165) is 28.4 Å². The molecule has 0 amide bonds. The Morgan fingerprint density at radius 2 is 1.95 bits per heavy atom. The van der Waals surface area contributed by atoms with Crippen LogP contribution in [0.15, 0.2) is 4.47 Å². The molecule has 5 heteroatoms. The van der Waals surface area contributed by atoms with E-state index in [1.807, 2.05) is 13.8 Å². The van der Waals surface area contributed by atoms with Crippen LogP contribution >= 0.6 is 15.9 Å². The van der Waals surface area contributed by atoms with Gasteiger partial charge < -0.3 is 10.1 Å². The first-order valence-electron chi connectivity index (χ1n) is 7.36. The van der Waals surface area contributed by atoms with Gasteiger partial charge in [0.15, 0.2) is 5.82 Å². The van der Waals surface area contributed by atoms with Gasteiger partial charge in [-0.3, -0.25) is 0 Å². The van der Waals surface area contributed by atoms with Gasteiger partial charge in [0.25, 0.3) is 0 Å². The van der Waals surface area contributed by atoms with Crippen LogP contribution in [0.5, 0.6) is 0 Å². The van der Waals surface area contributed by atoms with Crippen molar-refractivity contribution in [1.29, 1.82) is 0 Å². The number of nitrogens with zero attached hydrogens (tertiary/aromatic N) is 2. The van der Waals surface area contributed by atoms with Crippen molar-refractivity contribution < 1.29 is 4.74 Å². The quantitative estimate of drug-likeness (QED) is 0.871. The predicted octanol–water partition coefficient (Wildman–Crippen LogP) is 4.21. The summed E-state index contributed by atoms with van der Waals surface area (Å²) in [5.41, 5.74) is 0.659. The lowest BCUT2D eigenvalue weighted by Crippen LogP contribution is -2.25. The summed E-state index contributed by atoms with van der Waals surface area (Å²) in [4.78, 5) is 9.46. The number of aromatic nitrogens is 2. The number of nitrogens with one attached hydrogen (secondary N) is 1.